The molecule has 0 bridgehead atoms. The highest BCUT2D eigenvalue weighted by molar-refractivity contribution is 6.33. The zero-order valence-electron chi connectivity index (χ0n) is 10.6. The SMILES string of the molecule is CCN(CC)C(=O)CC(=O)Nc1ccccc1Cl. The van der Waals surface area contributed by atoms with Crippen molar-refractivity contribution in [2.75, 3.05) is 18.4 Å². The van der Waals surface area contributed by atoms with E-state index in [0.29, 0.717) is 23.8 Å². The number of rotatable bonds is 5. The normalized spacial score (nSPS) is 9.94. The maximum atomic E-state index is 11.7. The maximum absolute atomic E-state index is 11.7. The molecule has 98 valence electrons. The molecule has 1 rings (SSSR count). The van der Waals surface area contributed by atoms with Crippen molar-refractivity contribution in [1.82, 2.24) is 4.90 Å². The third kappa shape index (κ3) is 4.04. The number of nitrogens with one attached hydrogen (secondary N) is 1. The van der Waals surface area contributed by atoms with Gasteiger partial charge in [0.05, 0.1) is 10.7 Å². The summed E-state index contributed by atoms with van der Waals surface area (Å²) in [7, 11) is 0. The minimum absolute atomic E-state index is 0.160. The molecule has 1 aromatic rings. The Labute approximate surface area is 112 Å². The quantitative estimate of drug-likeness (QED) is 0.835. The molecule has 4 nitrogen and oxygen atoms in total. The number of nitrogens with zero attached hydrogens (tertiary/aromatic N) is 1. The average molecular weight is 269 g/mol. The first-order valence-electron chi connectivity index (χ1n) is 5.90. The molecule has 0 radical (unpaired) electrons. The molecule has 1 N–H and O–H groups in total. The number of halogens is 1. The van der Waals surface area contributed by atoms with E-state index in [4.69, 9.17) is 11.6 Å². The zero-order chi connectivity index (χ0) is 13.5. The van der Waals surface area contributed by atoms with Crippen LogP contribution < -0.4 is 5.32 Å². The lowest BCUT2D eigenvalue weighted by atomic mass is 10.3. The molecule has 0 fully saturated rings. The van der Waals surface area contributed by atoms with Gasteiger partial charge in [-0.05, 0) is 26.0 Å². The maximum Gasteiger partial charge on any atom is 0.233 e. The second-order valence-electron chi connectivity index (χ2n) is 3.77. The number of amides is 2. The smallest absolute Gasteiger partial charge is 0.233 e. The minimum Gasteiger partial charge on any atom is -0.343 e. The molecule has 0 heterocycles. The van der Waals surface area contributed by atoms with Crippen LogP contribution in [0.3, 0.4) is 0 Å². The molecule has 0 atom stereocenters. The second kappa shape index (κ2) is 7.01. The molecule has 18 heavy (non-hydrogen) atoms. The van der Waals surface area contributed by atoms with Crippen LogP contribution in [0.2, 0.25) is 5.02 Å². The van der Waals surface area contributed by atoms with Crippen molar-refractivity contribution < 1.29 is 9.59 Å². The van der Waals surface area contributed by atoms with Crippen molar-refractivity contribution in [3.63, 3.8) is 0 Å². The van der Waals surface area contributed by atoms with Gasteiger partial charge >= 0.3 is 0 Å². The molecule has 0 spiro atoms. The summed E-state index contributed by atoms with van der Waals surface area (Å²) >= 11 is 5.91. The molecule has 0 saturated carbocycles. The van der Waals surface area contributed by atoms with Gasteiger partial charge in [-0.1, -0.05) is 23.7 Å². The van der Waals surface area contributed by atoms with Crippen molar-refractivity contribution in [3.8, 4) is 0 Å². The van der Waals surface area contributed by atoms with E-state index in [9.17, 15) is 9.59 Å². The van der Waals surface area contributed by atoms with E-state index < -0.39 is 0 Å². The zero-order valence-corrected chi connectivity index (χ0v) is 11.3. The van der Waals surface area contributed by atoms with E-state index in [1.165, 1.54) is 0 Å². The third-order valence-corrected chi connectivity index (χ3v) is 2.91. The summed E-state index contributed by atoms with van der Waals surface area (Å²) in [5.74, 6) is -0.524. The summed E-state index contributed by atoms with van der Waals surface area (Å²) in [5, 5.41) is 3.09. The van der Waals surface area contributed by atoms with Crippen LogP contribution in [0.25, 0.3) is 0 Å². The summed E-state index contributed by atoms with van der Waals surface area (Å²) in [5.41, 5.74) is 0.525. The lowest BCUT2D eigenvalue weighted by Gasteiger charge is -2.18. The largest absolute Gasteiger partial charge is 0.343 e. The van der Waals surface area contributed by atoms with Crippen molar-refractivity contribution in [3.05, 3.63) is 29.3 Å². The van der Waals surface area contributed by atoms with Crippen LogP contribution in [0.5, 0.6) is 0 Å². The Hall–Kier alpha value is -1.55. The Bertz CT molecular complexity index is 431. The van der Waals surface area contributed by atoms with Crippen LogP contribution in [0.15, 0.2) is 24.3 Å². The molecular formula is C13H17ClN2O2. The number of hydrogen-bond donors (Lipinski definition) is 1. The van der Waals surface area contributed by atoms with Gasteiger partial charge < -0.3 is 10.2 Å². The average Bonchev–Trinajstić information content (AvgIpc) is 2.33. The first-order valence-corrected chi connectivity index (χ1v) is 6.28. The van der Waals surface area contributed by atoms with Crippen molar-refractivity contribution in [2.24, 2.45) is 0 Å². The van der Waals surface area contributed by atoms with Gasteiger partial charge in [0.25, 0.3) is 0 Å². The molecule has 2 amide bonds. The van der Waals surface area contributed by atoms with Crippen LogP contribution in [0.4, 0.5) is 5.69 Å². The lowest BCUT2D eigenvalue weighted by molar-refractivity contribution is -0.134. The van der Waals surface area contributed by atoms with E-state index in [2.05, 4.69) is 5.32 Å². The fourth-order valence-corrected chi connectivity index (χ4v) is 1.77. The van der Waals surface area contributed by atoms with Crippen molar-refractivity contribution in [1.29, 1.82) is 0 Å². The Morgan fingerprint density at radius 1 is 1.22 bits per heavy atom. The van der Waals surface area contributed by atoms with Crippen LogP contribution >= 0.6 is 11.6 Å². The Morgan fingerprint density at radius 2 is 1.83 bits per heavy atom. The first kappa shape index (κ1) is 14.5. The van der Waals surface area contributed by atoms with Gasteiger partial charge in [0.15, 0.2) is 0 Å². The predicted molar refractivity (Wildman–Crippen MR) is 72.6 cm³/mol. The molecule has 0 aromatic heterocycles. The van der Waals surface area contributed by atoms with E-state index >= 15 is 0 Å². The fraction of sp³-hybridized carbons (Fsp3) is 0.385. The number of hydrogen-bond acceptors (Lipinski definition) is 2. The van der Waals surface area contributed by atoms with Crippen molar-refractivity contribution in [2.45, 2.75) is 20.3 Å². The minimum atomic E-state index is -0.347. The van der Waals surface area contributed by atoms with E-state index in [1.54, 1.807) is 29.2 Å². The second-order valence-corrected chi connectivity index (χ2v) is 4.18. The van der Waals surface area contributed by atoms with E-state index in [1.807, 2.05) is 13.8 Å². The Kier molecular flexibility index (Phi) is 5.65. The first-order chi connectivity index (χ1) is 8.58. The molecule has 0 unspecified atom stereocenters. The third-order valence-electron chi connectivity index (χ3n) is 2.58. The van der Waals surface area contributed by atoms with Gasteiger partial charge in [-0.25, -0.2) is 0 Å². The fourth-order valence-electron chi connectivity index (χ4n) is 1.58. The topological polar surface area (TPSA) is 49.4 Å². The van der Waals surface area contributed by atoms with E-state index in [0.717, 1.165) is 0 Å². The van der Waals surface area contributed by atoms with Crippen LogP contribution in [-0.4, -0.2) is 29.8 Å². The van der Waals surface area contributed by atoms with Gasteiger partial charge in [0, 0.05) is 13.1 Å². The molecule has 0 aliphatic rings. The van der Waals surface area contributed by atoms with Crippen LogP contribution in [0, 0.1) is 0 Å². The highest BCUT2D eigenvalue weighted by Gasteiger charge is 2.15. The number of carbonyl (C=O) groups is 2. The summed E-state index contributed by atoms with van der Waals surface area (Å²) in [4.78, 5) is 25.0. The molecular weight excluding hydrogens is 252 g/mol. The van der Waals surface area contributed by atoms with Gasteiger partial charge in [-0.3, -0.25) is 9.59 Å². The molecule has 0 saturated heterocycles. The van der Waals surface area contributed by atoms with Gasteiger partial charge in [-0.15, -0.1) is 0 Å². The Balaban J connectivity index is 2.57. The number of benzene rings is 1. The molecule has 5 heteroatoms. The van der Waals surface area contributed by atoms with Crippen molar-refractivity contribution >= 4 is 29.1 Å². The van der Waals surface area contributed by atoms with Gasteiger partial charge in [0.1, 0.15) is 6.42 Å². The highest BCUT2D eigenvalue weighted by Crippen LogP contribution is 2.20. The van der Waals surface area contributed by atoms with Crippen LogP contribution in [-0.2, 0) is 9.59 Å². The summed E-state index contributed by atoms with van der Waals surface area (Å²) < 4.78 is 0. The highest BCUT2D eigenvalue weighted by atomic mass is 35.5. The van der Waals surface area contributed by atoms with Gasteiger partial charge in [-0.2, -0.15) is 0 Å². The predicted octanol–water partition coefficient (Wildman–Crippen LogP) is 2.54. The molecule has 1 aromatic carbocycles. The summed E-state index contributed by atoms with van der Waals surface area (Å²) in [6.07, 6.45) is -0.160. The number of para-hydroxylation sites is 1. The summed E-state index contributed by atoms with van der Waals surface area (Å²) in [6, 6.07) is 6.93. The number of anilines is 1. The number of carbonyl (C=O) groups excluding carboxylic acids is 2. The monoisotopic (exact) mass is 268 g/mol. The summed E-state index contributed by atoms with van der Waals surface area (Å²) in [6.45, 7) is 4.98. The molecule has 0 aliphatic heterocycles. The van der Waals surface area contributed by atoms with E-state index in [-0.39, 0.29) is 18.2 Å². The Morgan fingerprint density at radius 3 is 2.39 bits per heavy atom. The van der Waals surface area contributed by atoms with Gasteiger partial charge in [0.2, 0.25) is 11.8 Å². The standard InChI is InChI=1S/C13H17ClN2O2/c1-3-16(4-2)13(18)9-12(17)15-11-8-6-5-7-10(11)14/h5-8H,3-4,9H2,1-2H3,(H,15,17). The van der Waals surface area contributed by atoms with Crippen LogP contribution in [0.1, 0.15) is 20.3 Å². The lowest BCUT2D eigenvalue weighted by Crippen LogP contribution is -2.33. The molecule has 0 aliphatic carbocycles.